The zero-order chi connectivity index (χ0) is 33.3. The second-order valence-corrected chi connectivity index (χ2v) is 28.5. The van der Waals surface area contributed by atoms with Gasteiger partial charge in [0.25, 0.3) is 0 Å². The SMILES string of the molecule is CC(OCCC(C)(C)O)C1=CC[C@H]2C3=CC=C4CC(O[Si](C)(C)C(C)(C)C)CC(O[Si](C)(C)C(C)(C)C)[C@]4(C)[C@H]3CC[C@]12C. The molecule has 0 radical (unpaired) electrons. The van der Waals surface area contributed by atoms with E-state index in [0.29, 0.717) is 24.9 Å². The molecule has 6 heteroatoms. The molecule has 4 aliphatic carbocycles. The van der Waals surface area contributed by atoms with Crippen molar-refractivity contribution < 1.29 is 18.7 Å². The zero-order valence-corrected chi connectivity index (χ0v) is 33.2. The van der Waals surface area contributed by atoms with Crippen molar-refractivity contribution in [2.75, 3.05) is 6.61 Å². The van der Waals surface area contributed by atoms with Crippen LogP contribution in [0.4, 0.5) is 0 Å². The summed E-state index contributed by atoms with van der Waals surface area (Å²) in [6.45, 7) is 35.4. The van der Waals surface area contributed by atoms with E-state index >= 15 is 0 Å². The maximum absolute atomic E-state index is 10.2. The van der Waals surface area contributed by atoms with Gasteiger partial charge in [0.2, 0.25) is 0 Å². The fraction of sp³-hybridized carbons (Fsp3) is 0.842. The van der Waals surface area contributed by atoms with E-state index in [1.807, 2.05) is 13.8 Å². The lowest BCUT2D eigenvalue weighted by Crippen LogP contribution is -2.58. The van der Waals surface area contributed by atoms with Gasteiger partial charge in [0, 0.05) is 5.41 Å². The summed E-state index contributed by atoms with van der Waals surface area (Å²) >= 11 is 0. The van der Waals surface area contributed by atoms with Crippen molar-refractivity contribution >= 4 is 16.6 Å². The first kappa shape index (κ1) is 36.3. The average molecular weight is 645 g/mol. The quantitative estimate of drug-likeness (QED) is 0.200. The summed E-state index contributed by atoms with van der Waals surface area (Å²) in [6.07, 6.45) is 14.1. The predicted molar refractivity (Wildman–Crippen MR) is 191 cm³/mol. The minimum absolute atomic E-state index is 0.00813. The summed E-state index contributed by atoms with van der Waals surface area (Å²) in [7, 11) is -3.94. The highest BCUT2D eigenvalue weighted by atomic mass is 28.4. The van der Waals surface area contributed by atoms with Gasteiger partial charge in [-0.3, -0.25) is 0 Å². The number of rotatable bonds is 9. The Balaban J connectivity index is 1.65. The van der Waals surface area contributed by atoms with Gasteiger partial charge in [-0.15, -0.1) is 0 Å². The van der Waals surface area contributed by atoms with Crippen LogP contribution in [0.25, 0.3) is 0 Å². The molecule has 7 atom stereocenters. The minimum atomic E-state index is -2.03. The highest BCUT2D eigenvalue weighted by molar-refractivity contribution is 6.74. The van der Waals surface area contributed by atoms with E-state index in [2.05, 4.69) is 107 Å². The van der Waals surface area contributed by atoms with Crippen molar-refractivity contribution in [3.8, 4) is 0 Å². The molecule has 0 aliphatic heterocycles. The van der Waals surface area contributed by atoms with Crippen LogP contribution in [0.5, 0.6) is 0 Å². The monoisotopic (exact) mass is 644 g/mol. The Morgan fingerprint density at radius 1 is 0.909 bits per heavy atom. The first-order valence-corrected chi connectivity index (χ1v) is 23.5. The number of aliphatic hydroxyl groups is 1. The lowest BCUT2D eigenvalue weighted by atomic mass is 9.49. The Bertz CT molecular complexity index is 1160. The largest absolute Gasteiger partial charge is 0.414 e. The highest BCUT2D eigenvalue weighted by Gasteiger charge is 2.59. The Morgan fingerprint density at radius 2 is 1.50 bits per heavy atom. The first-order valence-electron chi connectivity index (χ1n) is 17.6. The standard InChI is InChI=1S/C38H68O4Si2/c1-26(40-23-22-36(8,9)39)30-18-19-31-29-17-16-27-24-28(41-43(12,13)34(2,3)4)25-33(42-44(14,15)35(5,6)7)38(27,11)32(29)20-21-37(30,31)10/h16-18,26,28,31-33,39H,19-25H2,1-15H3/t26?,28?,31-,32-,33?,37+,38-/m0/s1. The van der Waals surface area contributed by atoms with Crippen LogP contribution in [0.2, 0.25) is 36.3 Å². The number of allylic oxidation sites excluding steroid dienone is 4. The lowest BCUT2D eigenvalue weighted by molar-refractivity contribution is -0.0407. The van der Waals surface area contributed by atoms with E-state index in [4.69, 9.17) is 13.6 Å². The molecule has 0 aromatic rings. The van der Waals surface area contributed by atoms with Crippen LogP contribution in [0, 0.1) is 22.7 Å². The van der Waals surface area contributed by atoms with Crippen LogP contribution in [0.1, 0.15) is 115 Å². The maximum Gasteiger partial charge on any atom is 0.192 e. The molecule has 0 aromatic heterocycles. The Morgan fingerprint density at radius 3 is 2.07 bits per heavy atom. The third-order valence-corrected chi connectivity index (χ3v) is 22.3. The van der Waals surface area contributed by atoms with Crippen molar-refractivity contribution in [2.24, 2.45) is 22.7 Å². The number of hydrogen-bond acceptors (Lipinski definition) is 4. The number of hydrogen-bond donors (Lipinski definition) is 1. The first-order chi connectivity index (χ1) is 19.8. The smallest absolute Gasteiger partial charge is 0.192 e. The fourth-order valence-electron chi connectivity index (χ4n) is 8.22. The van der Waals surface area contributed by atoms with E-state index in [1.165, 1.54) is 18.4 Å². The summed E-state index contributed by atoms with van der Waals surface area (Å²) in [5.41, 5.74) is 4.09. The fourth-order valence-corrected chi connectivity index (χ4v) is 11.0. The molecular formula is C38H68O4Si2. The zero-order valence-electron chi connectivity index (χ0n) is 31.2. The van der Waals surface area contributed by atoms with Gasteiger partial charge in [0.1, 0.15) is 0 Å². The predicted octanol–water partition coefficient (Wildman–Crippen LogP) is 10.4. The molecule has 0 saturated heterocycles. The van der Waals surface area contributed by atoms with E-state index in [1.54, 1.807) is 11.1 Å². The van der Waals surface area contributed by atoms with Gasteiger partial charge >= 0.3 is 0 Å². The summed E-state index contributed by atoms with van der Waals surface area (Å²) in [6, 6.07) is 0. The summed E-state index contributed by atoms with van der Waals surface area (Å²) < 4.78 is 21.0. The molecule has 4 aliphatic rings. The van der Waals surface area contributed by atoms with Crippen LogP contribution < -0.4 is 0 Å². The van der Waals surface area contributed by atoms with E-state index < -0.39 is 22.2 Å². The number of fused-ring (bicyclic) bond motifs is 5. The molecule has 0 amide bonds. The maximum atomic E-state index is 10.2. The van der Waals surface area contributed by atoms with Crippen LogP contribution >= 0.6 is 0 Å². The number of ether oxygens (including phenoxy) is 1. The van der Waals surface area contributed by atoms with Gasteiger partial charge < -0.3 is 18.7 Å². The van der Waals surface area contributed by atoms with Crippen molar-refractivity contribution in [1.82, 2.24) is 0 Å². The van der Waals surface area contributed by atoms with Crippen molar-refractivity contribution in [3.05, 3.63) is 34.9 Å². The normalized spacial score (nSPS) is 34.0. The molecule has 4 rings (SSSR count). The molecule has 0 spiro atoms. The van der Waals surface area contributed by atoms with Crippen LogP contribution in [-0.4, -0.2) is 52.3 Å². The van der Waals surface area contributed by atoms with Crippen molar-refractivity contribution in [1.29, 1.82) is 0 Å². The second-order valence-electron chi connectivity index (χ2n) is 19.0. The summed E-state index contributed by atoms with van der Waals surface area (Å²) in [4.78, 5) is 0. The van der Waals surface area contributed by atoms with Gasteiger partial charge in [-0.05, 0) is 118 Å². The lowest BCUT2D eigenvalue weighted by Gasteiger charge is -2.59. The van der Waals surface area contributed by atoms with Gasteiger partial charge in [0.15, 0.2) is 16.6 Å². The van der Waals surface area contributed by atoms with Gasteiger partial charge in [0.05, 0.1) is 30.5 Å². The van der Waals surface area contributed by atoms with Gasteiger partial charge in [-0.25, -0.2) is 0 Å². The molecule has 4 nitrogen and oxygen atoms in total. The summed E-state index contributed by atoms with van der Waals surface area (Å²) in [5, 5.41) is 10.6. The molecule has 1 N–H and O–H groups in total. The third-order valence-electron chi connectivity index (χ3n) is 13.3. The minimum Gasteiger partial charge on any atom is -0.414 e. The molecule has 252 valence electrons. The molecule has 2 fully saturated rings. The Kier molecular flexibility index (Phi) is 9.81. The Hall–Kier alpha value is -0.506. The van der Waals surface area contributed by atoms with Gasteiger partial charge in [-0.1, -0.05) is 84.8 Å². The summed E-state index contributed by atoms with van der Waals surface area (Å²) in [5.74, 6) is 1.02. The average Bonchev–Trinajstić information content (AvgIpc) is 3.19. The second kappa shape index (κ2) is 11.9. The van der Waals surface area contributed by atoms with E-state index in [9.17, 15) is 5.11 Å². The van der Waals surface area contributed by atoms with Crippen LogP contribution in [0.15, 0.2) is 34.9 Å². The molecule has 3 unspecified atom stereocenters. The molecule has 0 aromatic carbocycles. The third kappa shape index (κ3) is 6.74. The van der Waals surface area contributed by atoms with E-state index in [0.717, 1.165) is 19.3 Å². The molecule has 2 saturated carbocycles. The molecular weight excluding hydrogens is 577 g/mol. The van der Waals surface area contributed by atoms with Crippen LogP contribution in [0.3, 0.4) is 0 Å². The van der Waals surface area contributed by atoms with Crippen molar-refractivity contribution in [3.63, 3.8) is 0 Å². The molecule has 44 heavy (non-hydrogen) atoms. The van der Waals surface area contributed by atoms with Crippen LogP contribution in [-0.2, 0) is 13.6 Å². The highest BCUT2D eigenvalue weighted by Crippen LogP contribution is 2.65. The molecule has 0 heterocycles. The van der Waals surface area contributed by atoms with E-state index in [-0.39, 0.29) is 39.2 Å². The molecule has 0 bridgehead atoms. The van der Waals surface area contributed by atoms with Gasteiger partial charge in [-0.2, -0.15) is 0 Å². The van der Waals surface area contributed by atoms with Crippen molar-refractivity contribution in [2.45, 2.75) is 175 Å². The topological polar surface area (TPSA) is 47.9 Å². The Labute approximate surface area is 273 Å².